The van der Waals surface area contributed by atoms with E-state index in [1.165, 1.54) is 44.9 Å². The lowest BCUT2D eigenvalue weighted by Crippen LogP contribution is -2.57. The van der Waals surface area contributed by atoms with Crippen LogP contribution in [0, 0.1) is 50.7 Å². The maximum atomic E-state index is 12.8. The van der Waals surface area contributed by atoms with Crippen LogP contribution in [0.2, 0.25) is 0 Å². The zero-order valence-electron chi connectivity index (χ0n) is 22.1. The van der Waals surface area contributed by atoms with Crippen molar-refractivity contribution in [1.82, 2.24) is 0 Å². The minimum Gasteiger partial charge on any atom is -0.478 e. The van der Waals surface area contributed by atoms with E-state index in [0.29, 0.717) is 45.2 Å². The van der Waals surface area contributed by atoms with Gasteiger partial charge in [0.2, 0.25) is 0 Å². The van der Waals surface area contributed by atoms with Crippen LogP contribution in [0.15, 0.2) is 11.6 Å². The molecular formula is C30H46O4. The number of allylic oxidation sites excluding steroid dienone is 1. The van der Waals surface area contributed by atoms with Crippen LogP contribution in [-0.4, -0.2) is 28.6 Å². The average Bonchev–Trinajstić information content (AvgIpc) is 3.36. The number of fused-ring (bicyclic) bond motifs is 2. The van der Waals surface area contributed by atoms with Crippen LogP contribution >= 0.6 is 0 Å². The summed E-state index contributed by atoms with van der Waals surface area (Å²) in [5.74, 6) is 2.12. The Bertz CT molecular complexity index is 919. The Morgan fingerprint density at radius 2 is 1.68 bits per heavy atom. The van der Waals surface area contributed by atoms with E-state index >= 15 is 0 Å². The molecule has 2 unspecified atom stereocenters. The van der Waals surface area contributed by atoms with Gasteiger partial charge in [0, 0.05) is 11.8 Å². The Hall–Kier alpha value is -1.16. The van der Waals surface area contributed by atoms with Crippen molar-refractivity contribution in [2.75, 3.05) is 6.61 Å². The summed E-state index contributed by atoms with van der Waals surface area (Å²) in [6.07, 6.45) is 14.6. The lowest BCUT2D eigenvalue weighted by molar-refractivity contribution is -0.157. The summed E-state index contributed by atoms with van der Waals surface area (Å²) >= 11 is 0. The van der Waals surface area contributed by atoms with E-state index in [2.05, 4.69) is 34.6 Å². The molecule has 5 saturated carbocycles. The fraction of sp³-hybridized carbons (Fsp3) is 0.867. The third-order valence-electron chi connectivity index (χ3n) is 13.1. The number of carbonyl (C=O) groups excluding carboxylic acids is 1. The molecule has 5 fully saturated rings. The molecule has 34 heavy (non-hydrogen) atoms. The summed E-state index contributed by atoms with van der Waals surface area (Å²) in [5.41, 5.74) is 1.62. The topological polar surface area (TPSA) is 74.6 Å². The Labute approximate surface area is 206 Å². The Kier molecular flexibility index (Phi) is 5.53. The van der Waals surface area contributed by atoms with Gasteiger partial charge in [-0.15, -0.1) is 0 Å². The molecule has 0 heterocycles. The van der Waals surface area contributed by atoms with Crippen LogP contribution in [0.25, 0.3) is 0 Å². The van der Waals surface area contributed by atoms with Gasteiger partial charge >= 0.3 is 5.97 Å². The molecule has 0 amide bonds. The van der Waals surface area contributed by atoms with Gasteiger partial charge in [0.05, 0.1) is 12.2 Å². The first-order valence-electron chi connectivity index (χ1n) is 14.0. The number of carboxylic acids is 1. The van der Waals surface area contributed by atoms with Crippen molar-refractivity contribution in [2.24, 2.45) is 50.7 Å². The zero-order valence-corrected chi connectivity index (χ0v) is 22.1. The van der Waals surface area contributed by atoms with E-state index in [9.17, 15) is 19.8 Å². The van der Waals surface area contributed by atoms with Gasteiger partial charge in [0.15, 0.2) is 0 Å². The van der Waals surface area contributed by atoms with Crippen molar-refractivity contribution < 1.29 is 19.8 Å². The van der Waals surface area contributed by atoms with E-state index in [-0.39, 0.29) is 11.0 Å². The van der Waals surface area contributed by atoms with Crippen molar-refractivity contribution in [3.63, 3.8) is 0 Å². The fourth-order valence-electron chi connectivity index (χ4n) is 11.1. The Balaban J connectivity index is 1.36. The van der Waals surface area contributed by atoms with Gasteiger partial charge in [-0.05, 0) is 110 Å². The molecule has 5 aliphatic carbocycles. The number of rotatable bonds is 6. The lowest BCUT2D eigenvalue weighted by Gasteiger charge is -2.62. The molecule has 5 aliphatic rings. The number of aliphatic hydroxyl groups excluding tert-OH is 1. The normalized spacial score (nSPS) is 47.8. The van der Waals surface area contributed by atoms with Crippen LogP contribution in [-0.2, 0) is 9.59 Å². The molecule has 2 spiro atoms. The molecule has 0 bridgehead atoms. The van der Waals surface area contributed by atoms with Crippen molar-refractivity contribution in [3.05, 3.63) is 11.6 Å². The fourth-order valence-corrected chi connectivity index (χ4v) is 11.1. The monoisotopic (exact) mass is 470 g/mol. The number of Topliss-reactive ketones (excluding diaryl/α,β-unsaturated/α-hetero) is 1. The molecule has 4 heteroatoms. The van der Waals surface area contributed by atoms with E-state index in [1.807, 2.05) is 0 Å². The summed E-state index contributed by atoms with van der Waals surface area (Å²) in [6, 6.07) is 0. The smallest absolute Gasteiger partial charge is 0.333 e. The first-order valence-corrected chi connectivity index (χ1v) is 14.0. The first-order chi connectivity index (χ1) is 15.9. The lowest BCUT2D eigenvalue weighted by atomic mass is 9.42. The molecule has 0 saturated heterocycles. The number of aliphatic carboxylic acids is 1. The number of carboxylic acid groups (broad SMARTS) is 1. The van der Waals surface area contributed by atoms with E-state index in [4.69, 9.17) is 0 Å². The van der Waals surface area contributed by atoms with Gasteiger partial charge < -0.3 is 10.2 Å². The van der Waals surface area contributed by atoms with Crippen LogP contribution < -0.4 is 0 Å². The quantitative estimate of drug-likeness (QED) is 0.440. The van der Waals surface area contributed by atoms with Crippen molar-refractivity contribution in [1.29, 1.82) is 0 Å². The molecule has 0 radical (unpaired) electrons. The number of ketones is 1. The summed E-state index contributed by atoms with van der Waals surface area (Å²) in [7, 11) is 0. The average molecular weight is 471 g/mol. The van der Waals surface area contributed by atoms with Gasteiger partial charge in [-0.2, -0.15) is 0 Å². The minimum atomic E-state index is -1.00. The van der Waals surface area contributed by atoms with Gasteiger partial charge in [0.1, 0.15) is 5.78 Å². The first kappa shape index (κ1) is 24.5. The number of carbonyl (C=O) groups is 2. The predicted molar refractivity (Wildman–Crippen MR) is 133 cm³/mol. The third kappa shape index (κ3) is 2.93. The highest BCUT2D eigenvalue weighted by molar-refractivity contribution is 5.86. The summed E-state index contributed by atoms with van der Waals surface area (Å²) in [5, 5.41) is 18.5. The van der Waals surface area contributed by atoms with Crippen LogP contribution in [0.1, 0.15) is 105 Å². The Morgan fingerprint density at radius 3 is 2.35 bits per heavy atom. The summed E-state index contributed by atoms with van der Waals surface area (Å²) in [4.78, 5) is 24.1. The molecule has 0 aromatic carbocycles. The number of hydrogen-bond donors (Lipinski definition) is 2. The second-order valence-corrected chi connectivity index (χ2v) is 14.0. The molecule has 0 aliphatic heterocycles. The Morgan fingerprint density at radius 1 is 1.00 bits per heavy atom. The second kappa shape index (κ2) is 7.67. The molecule has 8 atom stereocenters. The van der Waals surface area contributed by atoms with Crippen LogP contribution in [0.4, 0.5) is 0 Å². The number of aliphatic hydroxyl groups is 1. The second-order valence-electron chi connectivity index (χ2n) is 14.0. The minimum absolute atomic E-state index is 0.124. The molecule has 0 aromatic heterocycles. The van der Waals surface area contributed by atoms with Gasteiger partial charge in [0.25, 0.3) is 0 Å². The highest BCUT2D eigenvalue weighted by Gasteiger charge is 2.82. The maximum absolute atomic E-state index is 12.8. The van der Waals surface area contributed by atoms with Gasteiger partial charge in [-0.1, -0.05) is 40.7 Å². The standard InChI is InChI=1S/C30H46O4/c1-19(7-6-8-20(17-31)25(33)34)21-11-13-28(5)23-10-9-22-26(2,3)24(32)12-14-29(22)18-30(23,29)16-15-27(21,28)4/h8,19,21-23,31H,6-7,9-18H2,1-5H3,(H,33,34)/t19-,21?,22+,23+,27-,28+,29-,30?/m1/s1. The zero-order chi connectivity index (χ0) is 24.7. The molecule has 190 valence electrons. The van der Waals surface area contributed by atoms with Crippen LogP contribution in [0.5, 0.6) is 0 Å². The predicted octanol–water partition coefficient (Wildman–Crippen LogP) is 6.41. The molecule has 4 nitrogen and oxygen atoms in total. The summed E-state index contributed by atoms with van der Waals surface area (Å²) in [6.45, 7) is 11.7. The molecular weight excluding hydrogens is 424 g/mol. The third-order valence-corrected chi connectivity index (χ3v) is 13.1. The molecule has 5 rings (SSSR count). The van der Waals surface area contributed by atoms with E-state index in [1.54, 1.807) is 6.08 Å². The number of hydrogen-bond acceptors (Lipinski definition) is 3. The van der Waals surface area contributed by atoms with Gasteiger partial charge in [-0.25, -0.2) is 4.79 Å². The summed E-state index contributed by atoms with van der Waals surface area (Å²) < 4.78 is 0. The van der Waals surface area contributed by atoms with Crippen molar-refractivity contribution in [2.45, 2.75) is 105 Å². The van der Waals surface area contributed by atoms with Crippen molar-refractivity contribution in [3.8, 4) is 0 Å². The largest absolute Gasteiger partial charge is 0.478 e. The van der Waals surface area contributed by atoms with E-state index in [0.717, 1.165) is 31.6 Å². The maximum Gasteiger partial charge on any atom is 0.333 e. The van der Waals surface area contributed by atoms with Crippen LogP contribution in [0.3, 0.4) is 0 Å². The van der Waals surface area contributed by atoms with E-state index < -0.39 is 12.6 Å². The molecule has 2 N–H and O–H groups in total. The highest BCUT2D eigenvalue weighted by Crippen LogP contribution is 2.88. The molecule has 0 aromatic rings. The highest BCUT2D eigenvalue weighted by atomic mass is 16.4. The van der Waals surface area contributed by atoms with Gasteiger partial charge in [-0.3, -0.25) is 4.79 Å². The SMILES string of the molecule is C[C@H](CCC=C(CO)C(=O)O)C1CC[C@@]2(C)[C@@H]3CC[C@H]4C(C)(C)C(=O)CC[C@@]45CC35CC[C@]12C. The van der Waals surface area contributed by atoms with Crippen molar-refractivity contribution >= 4 is 11.8 Å².